The molecule has 0 aliphatic heterocycles. The van der Waals surface area contributed by atoms with E-state index in [9.17, 15) is 37.8 Å². The molecule has 0 fully saturated rings. The molecule has 2 rings (SSSR count). The minimum Gasteiger partial charge on any atom is -0.478 e. The molecule has 0 aliphatic rings. The fourth-order valence-corrected chi connectivity index (χ4v) is 2.16. The van der Waals surface area contributed by atoms with Crippen LogP contribution in [-0.2, 0) is 0 Å². The molecule has 0 amide bonds. The Morgan fingerprint density at radius 1 is 1.04 bits per heavy atom. The number of hydrogen-bond acceptors (Lipinski definition) is 5. The first kappa shape index (κ1) is 17.8. The summed E-state index contributed by atoms with van der Waals surface area (Å²) in [6.45, 7) is 0. The fourth-order valence-electron chi connectivity index (χ4n) is 2.16. The molecule has 0 aliphatic carbocycles. The molecule has 8 nitrogen and oxygen atoms in total. The number of benzene rings is 1. The van der Waals surface area contributed by atoms with Crippen molar-refractivity contribution < 1.29 is 37.7 Å². The van der Waals surface area contributed by atoms with Crippen LogP contribution in [0.4, 0.5) is 19.0 Å². The van der Waals surface area contributed by atoms with Crippen LogP contribution in [0.1, 0.15) is 20.7 Å². The Hall–Kier alpha value is -3.50. The zero-order valence-electron chi connectivity index (χ0n) is 12.0. The van der Waals surface area contributed by atoms with Crippen LogP contribution in [0, 0.1) is 0 Å². The number of alkyl halides is 3. The maximum Gasteiger partial charge on any atom is 0.573 e. The van der Waals surface area contributed by atoms with E-state index in [-0.39, 0.29) is 5.56 Å². The topological polar surface area (TPSA) is 143 Å². The first-order valence-electron chi connectivity index (χ1n) is 6.39. The molecule has 5 N–H and O–H groups in total. The SMILES string of the molecule is Nc1[nH]c(=O)c(C(=O)O)c(-c2ccc(OC(F)(F)F)cc2)c1C(=O)O. The van der Waals surface area contributed by atoms with E-state index in [2.05, 4.69) is 4.74 Å². The van der Waals surface area contributed by atoms with Gasteiger partial charge in [-0.1, -0.05) is 12.1 Å². The highest BCUT2D eigenvalue weighted by molar-refractivity contribution is 6.07. The van der Waals surface area contributed by atoms with Gasteiger partial charge in [-0.2, -0.15) is 0 Å². The van der Waals surface area contributed by atoms with Gasteiger partial charge in [0.05, 0.1) is 0 Å². The van der Waals surface area contributed by atoms with Crippen molar-refractivity contribution in [3.05, 3.63) is 45.7 Å². The van der Waals surface area contributed by atoms with Crippen LogP contribution in [-0.4, -0.2) is 33.5 Å². The first-order chi connectivity index (χ1) is 11.5. The summed E-state index contributed by atoms with van der Waals surface area (Å²) in [5.74, 6) is -4.55. The number of carbonyl (C=O) groups is 2. The number of halogens is 3. The Morgan fingerprint density at radius 3 is 2.00 bits per heavy atom. The molecule has 0 unspecified atom stereocenters. The number of nitrogen functional groups attached to an aromatic ring is 1. The van der Waals surface area contributed by atoms with Crippen LogP contribution in [0.15, 0.2) is 29.1 Å². The molecular formula is C14H9F3N2O6. The second-order valence-corrected chi connectivity index (χ2v) is 4.68. The molecule has 0 bridgehead atoms. The molecule has 0 radical (unpaired) electrons. The van der Waals surface area contributed by atoms with Gasteiger partial charge < -0.3 is 25.7 Å². The van der Waals surface area contributed by atoms with Crippen molar-refractivity contribution in [2.45, 2.75) is 6.36 Å². The summed E-state index contributed by atoms with van der Waals surface area (Å²) in [4.78, 5) is 36.4. The number of hydrogen-bond donors (Lipinski definition) is 4. The van der Waals surface area contributed by atoms with Crippen molar-refractivity contribution in [3.63, 3.8) is 0 Å². The van der Waals surface area contributed by atoms with Gasteiger partial charge in [0, 0.05) is 5.56 Å². The Bertz CT molecular complexity index is 903. The van der Waals surface area contributed by atoms with Gasteiger partial charge in [-0.3, -0.25) is 4.79 Å². The van der Waals surface area contributed by atoms with Gasteiger partial charge in [0.15, 0.2) is 0 Å². The highest BCUT2D eigenvalue weighted by Crippen LogP contribution is 2.31. The summed E-state index contributed by atoms with van der Waals surface area (Å²) in [5, 5.41) is 18.4. The third kappa shape index (κ3) is 3.71. The predicted molar refractivity (Wildman–Crippen MR) is 77.5 cm³/mol. The standard InChI is InChI=1S/C14H9F3N2O6/c15-14(16,17)25-6-3-1-5(2-4-6)7-8(12(21)22)10(18)19-11(20)9(7)13(23)24/h1-4H,(H,21,22)(H,23,24)(H3,18,19,20). The lowest BCUT2D eigenvalue weighted by atomic mass is 9.95. The number of aromatic nitrogens is 1. The monoisotopic (exact) mass is 358 g/mol. The lowest BCUT2D eigenvalue weighted by Gasteiger charge is -2.13. The Balaban J connectivity index is 2.71. The number of aromatic amines is 1. The minimum absolute atomic E-state index is 0.137. The van der Waals surface area contributed by atoms with Crippen molar-refractivity contribution in [3.8, 4) is 16.9 Å². The highest BCUT2D eigenvalue weighted by atomic mass is 19.4. The van der Waals surface area contributed by atoms with Crippen molar-refractivity contribution in [1.29, 1.82) is 0 Å². The van der Waals surface area contributed by atoms with Gasteiger partial charge in [0.2, 0.25) is 0 Å². The average Bonchev–Trinajstić information content (AvgIpc) is 2.44. The quantitative estimate of drug-likeness (QED) is 0.654. The second-order valence-electron chi connectivity index (χ2n) is 4.68. The number of carboxylic acid groups (broad SMARTS) is 2. The predicted octanol–water partition coefficient (Wildman–Crippen LogP) is 1.92. The highest BCUT2D eigenvalue weighted by Gasteiger charge is 2.31. The van der Waals surface area contributed by atoms with E-state index in [0.717, 1.165) is 24.3 Å². The number of nitrogens with two attached hydrogens (primary N) is 1. The molecule has 0 atom stereocenters. The molecule has 2 aromatic rings. The maximum atomic E-state index is 12.2. The normalized spacial score (nSPS) is 11.2. The van der Waals surface area contributed by atoms with Crippen molar-refractivity contribution >= 4 is 17.8 Å². The number of carboxylic acids is 2. The Labute approximate surface area is 136 Å². The molecule has 0 spiro atoms. The largest absolute Gasteiger partial charge is 0.573 e. The van der Waals surface area contributed by atoms with Crippen LogP contribution >= 0.6 is 0 Å². The number of pyridine rings is 1. The molecular weight excluding hydrogens is 349 g/mol. The molecule has 132 valence electrons. The van der Waals surface area contributed by atoms with E-state index in [1.165, 1.54) is 0 Å². The van der Waals surface area contributed by atoms with Crippen molar-refractivity contribution in [2.75, 3.05) is 5.73 Å². The molecule has 25 heavy (non-hydrogen) atoms. The number of rotatable bonds is 4. The Morgan fingerprint density at radius 2 is 1.56 bits per heavy atom. The molecule has 0 saturated heterocycles. The lowest BCUT2D eigenvalue weighted by Crippen LogP contribution is -2.24. The minimum atomic E-state index is -4.94. The molecule has 11 heteroatoms. The summed E-state index contributed by atoms with van der Waals surface area (Å²) in [6.07, 6.45) is -4.94. The van der Waals surface area contributed by atoms with Crippen LogP contribution in [0.2, 0.25) is 0 Å². The van der Waals surface area contributed by atoms with E-state index >= 15 is 0 Å². The zero-order chi connectivity index (χ0) is 18.9. The number of aromatic carboxylic acids is 2. The smallest absolute Gasteiger partial charge is 0.478 e. The maximum absolute atomic E-state index is 12.2. The van der Waals surface area contributed by atoms with Crippen molar-refractivity contribution in [2.24, 2.45) is 0 Å². The average molecular weight is 358 g/mol. The third-order valence-electron chi connectivity index (χ3n) is 3.05. The van der Waals surface area contributed by atoms with Gasteiger partial charge in [-0.15, -0.1) is 13.2 Å². The molecule has 1 heterocycles. The van der Waals surface area contributed by atoms with E-state index in [1.54, 1.807) is 0 Å². The van der Waals surface area contributed by atoms with E-state index in [4.69, 9.17) is 5.73 Å². The Kier molecular flexibility index (Phi) is 4.42. The van der Waals surface area contributed by atoms with Crippen LogP contribution in [0.25, 0.3) is 11.1 Å². The number of H-pyrrole nitrogens is 1. The number of anilines is 1. The van der Waals surface area contributed by atoms with E-state index in [0.29, 0.717) is 0 Å². The van der Waals surface area contributed by atoms with Crippen molar-refractivity contribution in [1.82, 2.24) is 4.98 Å². The summed E-state index contributed by atoms with van der Waals surface area (Å²) in [7, 11) is 0. The summed E-state index contributed by atoms with van der Waals surface area (Å²) in [5.41, 5.74) is 2.02. The number of ether oxygens (including phenoxy) is 1. The third-order valence-corrected chi connectivity index (χ3v) is 3.05. The fraction of sp³-hybridized carbons (Fsp3) is 0.0714. The summed E-state index contributed by atoms with van der Waals surface area (Å²) < 4.78 is 40.2. The van der Waals surface area contributed by atoms with E-state index < -0.39 is 52.1 Å². The van der Waals surface area contributed by atoms with Crippen LogP contribution in [0.5, 0.6) is 5.75 Å². The zero-order valence-corrected chi connectivity index (χ0v) is 12.0. The van der Waals surface area contributed by atoms with E-state index in [1.807, 2.05) is 4.98 Å². The van der Waals surface area contributed by atoms with Gasteiger partial charge in [0.1, 0.15) is 22.7 Å². The van der Waals surface area contributed by atoms with Gasteiger partial charge in [0.25, 0.3) is 5.56 Å². The first-order valence-corrected chi connectivity index (χ1v) is 6.39. The van der Waals surface area contributed by atoms with Gasteiger partial charge in [-0.05, 0) is 17.7 Å². The summed E-state index contributed by atoms with van der Waals surface area (Å²) >= 11 is 0. The number of nitrogens with one attached hydrogen (secondary N) is 1. The van der Waals surface area contributed by atoms with Crippen LogP contribution < -0.4 is 16.0 Å². The van der Waals surface area contributed by atoms with Crippen LogP contribution in [0.3, 0.4) is 0 Å². The molecule has 1 aromatic heterocycles. The molecule has 0 saturated carbocycles. The summed E-state index contributed by atoms with van der Waals surface area (Å²) in [6, 6.07) is 3.65. The molecule has 1 aromatic carbocycles. The second kappa shape index (κ2) is 6.19. The van der Waals surface area contributed by atoms with Gasteiger partial charge >= 0.3 is 18.3 Å². The van der Waals surface area contributed by atoms with Gasteiger partial charge in [-0.25, -0.2) is 9.59 Å². The lowest BCUT2D eigenvalue weighted by molar-refractivity contribution is -0.274.